The van der Waals surface area contributed by atoms with Gasteiger partial charge in [-0.3, -0.25) is 4.79 Å². The van der Waals surface area contributed by atoms with Crippen LogP contribution in [0.3, 0.4) is 0 Å². The molecule has 3 rings (SSSR count). The van der Waals surface area contributed by atoms with Crippen LogP contribution < -0.4 is 9.47 Å². The second-order valence-electron chi connectivity index (χ2n) is 8.27. The van der Waals surface area contributed by atoms with Crippen molar-refractivity contribution in [3.05, 3.63) is 23.8 Å². The summed E-state index contributed by atoms with van der Waals surface area (Å²) in [5, 5.41) is -0.257. The standard InChI is InChI=1S/C22H32O5S/c1-3-4-16(2)28(24,25)15-17-5-8-19(9-6-17)20(23)13-18-7-10-21-22(14-18)27-12-11-26-21/h7,10,14,16-17,19H,3-6,8-9,11-13,15H2,1-2H3. The third-order valence-corrected chi connectivity index (χ3v) is 8.46. The zero-order chi connectivity index (χ0) is 20.1. The number of rotatable bonds is 8. The van der Waals surface area contributed by atoms with E-state index in [1.165, 1.54) is 0 Å². The SMILES string of the molecule is CCCC(C)S(=O)(=O)CC1CCC(C(=O)Cc2ccc3c(c2)OCCO3)CC1. The highest BCUT2D eigenvalue weighted by molar-refractivity contribution is 7.92. The Bertz CT molecular complexity index is 778. The summed E-state index contributed by atoms with van der Waals surface area (Å²) in [5.74, 6) is 2.21. The Balaban J connectivity index is 1.50. The summed E-state index contributed by atoms with van der Waals surface area (Å²) >= 11 is 0. The van der Waals surface area contributed by atoms with E-state index in [1.54, 1.807) is 0 Å². The summed E-state index contributed by atoms with van der Waals surface area (Å²) in [5.41, 5.74) is 0.951. The molecule has 0 spiro atoms. The number of ether oxygens (including phenoxy) is 2. The third kappa shape index (κ3) is 5.28. The minimum atomic E-state index is -3.03. The van der Waals surface area contributed by atoms with Crippen molar-refractivity contribution in [2.75, 3.05) is 19.0 Å². The summed E-state index contributed by atoms with van der Waals surface area (Å²) in [4.78, 5) is 12.7. The van der Waals surface area contributed by atoms with E-state index >= 15 is 0 Å². The van der Waals surface area contributed by atoms with E-state index in [0.717, 1.165) is 49.8 Å². The lowest BCUT2D eigenvalue weighted by atomic mass is 9.79. The highest BCUT2D eigenvalue weighted by Crippen LogP contribution is 2.34. The number of fused-ring (bicyclic) bond motifs is 1. The van der Waals surface area contributed by atoms with Crippen LogP contribution in [0.25, 0.3) is 0 Å². The minimum absolute atomic E-state index is 0.0419. The van der Waals surface area contributed by atoms with Crippen LogP contribution in [0, 0.1) is 11.8 Å². The molecule has 1 unspecified atom stereocenters. The predicted octanol–water partition coefficient (Wildman–Crippen LogP) is 3.98. The summed E-state index contributed by atoms with van der Waals surface area (Å²) < 4.78 is 36.1. The van der Waals surface area contributed by atoms with Crippen LogP contribution in [0.2, 0.25) is 0 Å². The Labute approximate surface area is 168 Å². The molecule has 5 nitrogen and oxygen atoms in total. The van der Waals surface area contributed by atoms with Crippen molar-refractivity contribution in [3.63, 3.8) is 0 Å². The molecule has 1 atom stereocenters. The molecule has 0 aromatic heterocycles. The van der Waals surface area contributed by atoms with Crippen LogP contribution in [-0.4, -0.2) is 38.4 Å². The molecule has 0 N–H and O–H groups in total. The third-order valence-electron chi connectivity index (χ3n) is 6.06. The molecule has 1 aliphatic carbocycles. The van der Waals surface area contributed by atoms with Gasteiger partial charge >= 0.3 is 0 Å². The molecule has 1 aromatic carbocycles. The van der Waals surface area contributed by atoms with E-state index in [4.69, 9.17) is 9.47 Å². The Morgan fingerprint density at radius 1 is 1.11 bits per heavy atom. The van der Waals surface area contributed by atoms with Gasteiger partial charge in [-0.1, -0.05) is 19.4 Å². The Morgan fingerprint density at radius 2 is 1.79 bits per heavy atom. The van der Waals surface area contributed by atoms with Crippen molar-refractivity contribution < 1.29 is 22.7 Å². The fourth-order valence-electron chi connectivity index (χ4n) is 4.27. The number of benzene rings is 1. The first-order valence-electron chi connectivity index (χ1n) is 10.5. The average Bonchev–Trinajstić information content (AvgIpc) is 2.68. The summed E-state index contributed by atoms with van der Waals surface area (Å²) in [7, 11) is -3.03. The molecule has 28 heavy (non-hydrogen) atoms. The van der Waals surface area contributed by atoms with Crippen LogP contribution in [-0.2, 0) is 21.1 Å². The number of hydrogen-bond acceptors (Lipinski definition) is 5. The van der Waals surface area contributed by atoms with Crippen molar-refractivity contribution in [2.45, 2.75) is 64.0 Å². The van der Waals surface area contributed by atoms with Crippen molar-refractivity contribution in [1.82, 2.24) is 0 Å². The monoisotopic (exact) mass is 408 g/mol. The van der Waals surface area contributed by atoms with Gasteiger partial charge in [-0.25, -0.2) is 8.42 Å². The van der Waals surface area contributed by atoms with Crippen molar-refractivity contribution in [2.24, 2.45) is 11.8 Å². The topological polar surface area (TPSA) is 69.7 Å². The molecular weight excluding hydrogens is 376 g/mol. The normalized spacial score (nSPS) is 23.2. The van der Waals surface area contributed by atoms with Crippen LogP contribution in [0.15, 0.2) is 18.2 Å². The van der Waals surface area contributed by atoms with Gasteiger partial charge in [0, 0.05) is 12.3 Å². The molecular formula is C22H32O5S. The second-order valence-corrected chi connectivity index (χ2v) is 10.7. The van der Waals surface area contributed by atoms with Gasteiger partial charge in [0.2, 0.25) is 0 Å². The van der Waals surface area contributed by atoms with Gasteiger partial charge in [-0.15, -0.1) is 0 Å². The number of sulfone groups is 1. The first-order chi connectivity index (χ1) is 13.4. The zero-order valence-electron chi connectivity index (χ0n) is 17.0. The summed E-state index contributed by atoms with van der Waals surface area (Å²) in [6.45, 7) is 4.93. The van der Waals surface area contributed by atoms with Gasteiger partial charge in [0.15, 0.2) is 21.3 Å². The van der Waals surface area contributed by atoms with Crippen LogP contribution >= 0.6 is 0 Å². The van der Waals surface area contributed by atoms with E-state index in [9.17, 15) is 13.2 Å². The molecule has 1 heterocycles. The molecule has 0 saturated heterocycles. The summed E-state index contributed by atoms with van der Waals surface area (Å²) in [6, 6.07) is 5.70. The van der Waals surface area contributed by atoms with Gasteiger partial charge in [0.25, 0.3) is 0 Å². The molecule has 1 fully saturated rings. The largest absolute Gasteiger partial charge is 0.486 e. The molecule has 6 heteroatoms. The molecule has 0 bridgehead atoms. The quantitative estimate of drug-likeness (QED) is 0.651. The fourth-order valence-corrected chi connectivity index (χ4v) is 6.19. The number of hydrogen-bond donors (Lipinski definition) is 0. The maximum atomic E-state index is 12.7. The van der Waals surface area contributed by atoms with E-state index < -0.39 is 9.84 Å². The first-order valence-corrected chi connectivity index (χ1v) is 12.2. The average molecular weight is 409 g/mol. The highest BCUT2D eigenvalue weighted by atomic mass is 32.2. The van der Waals surface area contributed by atoms with Crippen molar-refractivity contribution in [3.8, 4) is 11.5 Å². The van der Waals surface area contributed by atoms with E-state index in [-0.39, 0.29) is 28.6 Å². The van der Waals surface area contributed by atoms with Gasteiger partial charge in [-0.05, 0) is 62.6 Å². The van der Waals surface area contributed by atoms with Gasteiger partial charge in [0.05, 0.1) is 11.0 Å². The fraction of sp³-hybridized carbons (Fsp3) is 0.682. The Morgan fingerprint density at radius 3 is 2.46 bits per heavy atom. The smallest absolute Gasteiger partial charge is 0.161 e. The lowest BCUT2D eigenvalue weighted by Gasteiger charge is -2.28. The number of Topliss-reactive ketones (excluding diaryl/α,β-unsaturated/α-hetero) is 1. The second kappa shape index (κ2) is 9.29. The molecule has 1 aliphatic heterocycles. The van der Waals surface area contributed by atoms with Crippen LogP contribution in [0.4, 0.5) is 0 Å². The number of carbonyl (C=O) groups excluding carboxylic acids is 1. The predicted molar refractivity (Wildman–Crippen MR) is 110 cm³/mol. The van der Waals surface area contributed by atoms with Crippen molar-refractivity contribution >= 4 is 15.6 Å². The first kappa shape index (κ1) is 21.2. The molecule has 156 valence electrons. The highest BCUT2D eigenvalue weighted by Gasteiger charge is 2.31. The molecule has 2 aliphatic rings. The Hall–Kier alpha value is -1.56. The molecule has 0 radical (unpaired) electrons. The van der Waals surface area contributed by atoms with Gasteiger partial charge < -0.3 is 9.47 Å². The zero-order valence-corrected chi connectivity index (χ0v) is 17.8. The Kier molecular flexibility index (Phi) is 7.02. The molecule has 1 aromatic rings. The van der Waals surface area contributed by atoms with Crippen LogP contribution in [0.1, 0.15) is 57.9 Å². The summed E-state index contributed by atoms with van der Waals surface area (Å²) in [6.07, 6.45) is 5.27. The van der Waals surface area contributed by atoms with E-state index in [2.05, 4.69) is 0 Å². The molecule has 1 saturated carbocycles. The lowest BCUT2D eigenvalue weighted by molar-refractivity contribution is -0.123. The maximum absolute atomic E-state index is 12.7. The number of ketones is 1. The van der Waals surface area contributed by atoms with E-state index in [0.29, 0.717) is 25.4 Å². The maximum Gasteiger partial charge on any atom is 0.161 e. The number of carbonyl (C=O) groups is 1. The molecule has 0 amide bonds. The minimum Gasteiger partial charge on any atom is -0.486 e. The van der Waals surface area contributed by atoms with E-state index in [1.807, 2.05) is 32.0 Å². The lowest BCUT2D eigenvalue weighted by Crippen LogP contribution is -2.30. The van der Waals surface area contributed by atoms with Gasteiger partial charge in [-0.2, -0.15) is 0 Å². The van der Waals surface area contributed by atoms with Crippen molar-refractivity contribution in [1.29, 1.82) is 0 Å². The van der Waals surface area contributed by atoms with Crippen LogP contribution in [0.5, 0.6) is 11.5 Å². The van der Waals surface area contributed by atoms with Gasteiger partial charge in [0.1, 0.15) is 19.0 Å².